The van der Waals surface area contributed by atoms with Crippen LogP contribution in [0.3, 0.4) is 0 Å². The van der Waals surface area contributed by atoms with Gasteiger partial charge >= 0.3 is 0 Å². The van der Waals surface area contributed by atoms with Crippen molar-refractivity contribution in [1.82, 2.24) is 10.3 Å². The number of morpholine rings is 1. The van der Waals surface area contributed by atoms with Gasteiger partial charge in [-0.05, 0) is 38.0 Å². The number of nitrogens with one attached hydrogen (secondary N) is 1. The third kappa shape index (κ3) is 3.15. The highest BCUT2D eigenvalue weighted by atomic mass is 32.2. The molecule has 5 nitrogen and oxygen atoms in total. The average Bonchev–Trinajstić information content (AvgIpc) is 2.88. The summed E-state index contributed by atoms with van der Waals surface area (Å²) in [6, 6.07) is 0.240. The number of thioether (sulfide) groups is 1. The van der Waals surface area contributed by atoms with E-state index >= 15 is 0 Å². The molecule has 3 rings (SSSR count). The van der Waals surface area contributed by atoms with Crippen molar-refractivity contribution < 1.29 is 9.47 Å². The van der Waals surface area contributed by atoms with E-state index < -0.39 is 0 Å². The number of likely N-dealkylation sites (N-methyl/N-ethyl adjacent to an activating group) is 1. The Kier molecular flexibility index (Phi) is 4.90. The molecule has 3 saturated heterocycles. The fourth-order valence-electron chi connectivity index (χ4n) is 3.81. The molecule has 0 radical (unpaired) electrons. The van der Waals surface area contributed by atoms with Gasteiger partial charge in [-0.3, -0.25) is 11.3 Å². The van der Waals surface area contributed by atoms with Gasteiger partial charge in [-0.15, -0.1) is 0 Å². The Bertz CT molecular complexity index is 326. The Morgan fingerprint density at radius 2 is 2.35 bits per heavy atom. The number of hydrogen-bond acceptors (Lipinski definition) is 6. The zero-order chi connectivity index (χ0) is 14.0. The molecule has 3 aliphatic rings. The summed E-state index contributed by atoms with van der Waals surface area (Å²) in [5, 5.41) is 0. The monoisotopic (exact) mass is 301 g/mol. The molecule has 0 saturated carbocycles. The normalized spacial score (nSPS) is 41.1. The first-order valence-electron chi connectivity index (χ1n) is 7.70. The van der Waals surface area contributed by atoms with Crippen LogP contribution in [0.5, 0.6) is 0 Å². The highest BCUT2D eigenvalue weighted by molar-refractivity contribution is 7.99. The lowest BCUT2D eigenvalue weighted by Gasteiger charge is -2.44. The van der Waals surface area contributed by atoms with Gasteiger partial charge in [-0.1, -0.05) is 0 Å². The summed E-state index contributed by atoms with van der Waals surface area (Å²) in [6.45, 7) is 3.66. The maximum absolute atomic E-state index is 6.12. The van der Waals surface area contributed by atoms with Gasteiger partial charge in [-0.25, -0.2) is 0 Å². The molecule has 0 aliphatic carbocycles. The van der Waals surface area contributed by atoms with Crippen LogP contribution in [-0.4, -0.2) is 67.5 Å². The van der Waals surface area contributed by atoms with Crippen molar-refractivity contribution >= 4 is 11.8 Å². The summed E-state index contributed by atoms with van der Waals surface area (Å²) in [7, 11) is 2.15. The standard InChI is InChI=1S/C14H27N3O2S/c1-17-4-6-18-12(9-17)13(16-15)11-2-5-19-14(8-11)3-7-20-10-14/h11-13,16H,2-10,15H2,1H3. The first-order chi connectivity index (χ1) is 9.72. The molecule has 116 valence electrons. The second-order valence-electron chi connectivity index (χ2n) is 6.45. The van der Waals surface area contributed by atoms with Crippen molar-refractivity contribution in [3.05, 3.63) is 0 Å². The van der Waals surface area contributed by atoms with Gasteiger partial charge < -0.3 is 14.4 Å². The van der Waals surface area contributed by atoms with Gasteiger partial charge in [0.1, 0.15) is 0 Å². The van der Waals surface area contributed by atoms with E-state index in [1.54, 1.807) is 0 Å². The first kappa shape index (κ1) is 15.1. The van der Waals surface area contributed by atoms with Gasteiger partial charge in [0.25, 0.3) is 0 Å². The van der Waals surface area contributed by atoms with Crippen LogP contribution in [0.2, 0.25) is 0 Å². The van der Waals surface area contributed by atoms with Gasteiger partial charge in [0.05, 0.1) is 24.4 Å². The molecule has 3 fully saturated rings. The second-order valence-corrected chi connectivity index (χ2v) is 7.56. The number of hydrogen-bond donors (Lipinski definition) is 2. The van der Waals surface area contributed by atoms with Crippen molar-refractivity contribution in [1.29, 1.82) is 0 Å². The molecule has 0 aromatic heterocycles. The summed E-state index contributed by atoms with van der Waals surface area (Å²) < 4.78 is 12.1. The lowest BCUT2D eigenvalue weighted by atomic mass is 9.79. The lowest BCUT2D eigenvalue weighted by molar-refractivity contribution is -0.107. The van der Waals surface area contributed by atoms with Gasteiger partial charge in [0.15, 0.2) is 0 Å². The van der Waals surface area contributed by atoms with E-state index in [0.29, 0.717) is 5.92 Å². The van der Waals surface area contributed by atoms with Crippen molar-refractivity contribution in [2.75, 3.05) is 44.9 Å². The summed E-state index contributed by atoms with van der Waals surface area (Å²) >= 11 is 2.02. The molecule has 0 aromatic carbocycles. The minimum absolute atomic E-state index is 0.114. The minimum Gasteiger partial charge on any atom is -0.374 e. The molecule has 0 amide bonds. The van der Waals surface area contributed by atoms with Crippen LogP contribution in [0.4, 0.5) is 0 Å². The molecule has 3 aliphatic heterocycles. The van der Waals surface area contributed by atoms with Crippen LogP contribution in [0.1, 0.15) is 19.3 Å². The van der Waals surface area contributed by atoms with Crippen LogP contribution in [0.15, 0.2) is 0 Å². The highest BCUT2D eigenvalue weighted by Gasteiger charge is 2.44. The summed E-state index contributed by atoms with van der Waals surface area (Å²) in [5.41, 5.74) is 3.17. The van der Waals surface area contributed by atoms with E-state index in [0.717, 1.165) is 44.9 Å². The number of nitrogens with zero attached hydrogens (tertiary/aromatic N) is 1. The number of ether oxygens (including phenoxy) is 2. The van der Waals surface area contributed by atoms with Crippen LogP contribution in [0.25, 0.3) is 0 Å². The molecule has 4 atom stereocenters. The van der Waals surface area contributed by atoms with E-state index in [1.165, 1.54) is 12.2 Å². The van der Waals surface area contributed by atoms with Crippen LogP contribution >= 0.6 is 11.8 Å². The SMILES string of the molecule is CN1CCOC(C(NN)C2CCOC3(CCSC3)C2)C1. The van der Waals surface area contributed by atoms with E-state index in [9.17, 15) is 0 Å². The predicted octanol–water partition coefficient (Wildman–Crippen LogP) is 0.451. The van der Waals surface area contributed by atoms with Crippen molar-refractivity contribution in [3.8, 4) is 0 Å². The summed E-state index contributed by atoms with van der Waals surface area (Å²) in [4.78, 5) is 2.33. The Morgan fingerprint density at radius 1 is 1.45 bits per heavy atom. The van der Waals surface area contributed by atoms with Gasteiger partial charge in [0.2, 0.25) is 0 Å². The topological polar surface area (TPSA) is 59.8 Å². The predicted molar refractivity (Wildman–Crippen MR) is 81.7 cm³/mol. The Morgan fingerprint density at radius 3 is 3.05 bits per heavy atom. The largest absolute Gasteiger partial charge is 0.374 e. The zero-order valence-corrected chi connectivity index (χ0v) is 13.2. The van der Waals surface area contributed by atoms with Crippen LogP contribution in [0, 0.1) is 5.92 Å². The smallest absolute Gasteiger partial charge is 0.0871 e. The van der Waals surface area contributed by atoms with Crippen molar-refractivity contribution in [2.45, 2.75) is 37.0 Å². The number of rotatable bonds is 3. The highest BCUT2D eigenvalue weighted by Crippen LogP contribution is 2.41. The molecule has 1 spiro atoms. The van der Waals surface area contributed by atoms with Crippen molar-refractivity contribution in [2.24, 2.45) is 11.8 Å². The minimum atomic E-state index is 0.114. The second kappa shape index (κ2) is 6.50. The lowest BCUT2D eigenvalue weighted by Crippen LogP contribution is -2.58. The number of nitrogens with two attached hydrogens (primary N) is 1. The van der Waals surface area contributed by atoms with Crippen LogP contribution < -0.4 is 11.3 Å². The van der Waals surface area contributed by atoms with Crippen molar-refractivity contribution in [3.63, 3.8) is 0 Å². The van der Waals surface area contributed by atoms with Gasteiger partial charge in [-0.2, -0.15) is 11.8 Å². The van der Waals surface area contributed by atoms with E-state index in [4.69, 9.17) is 15.3 Å². The third-order valence-electron chi connectivity index (χ3n) is 5.00. The molecule has 20 heavy (non-hydrogen) atoms. The first-order valence-corrected chi connectivity index (χ1v) is 8.86. The maximum atomic E-state index is 6.12. The molecular formula is C14H27N3O2S. The molecule has 3 N–H and O–H groups in total. The molecule has 4 unspecified atom stereocenters. The van der Waals surface area contributed by atoms with Gasteiger partial charge in [0, 0.05) is 25.4 Å². The molecule has 6 heteroatoms. The zero-order valence-electron chi connectivity index (χ0n) is 12.3. The molecule has 0 aromatic rings. The maximum Gasteiger partial charge on any atom is 0.0871 e. The summed E-state index contributed by atoms with van der Waals surface area (Å²) in [5.74, 6) is 8.81. The Hall–Kier alpha value is 0.150. The molecular weight excluding hydrogens is 274 g/mol. The Labute approximate surface area is 125 Å². The molecule has 0 bridgehead atoms. The molecule has 3 heterocycles. The Balaban J connectivity index is 1.65. The fraction of sp³-hybridized carbons (Fsp3) is 1.00. The van der Waals surface area contributed by atoms with E-state index in [-0.39, 0.29) is 17.7 Å². The van der Waals surface area contributed by atoms with E-state index in [2.05, 4.69) is 17.4 Å². The van der Waals surface area contributed by atoms with E-state index in [1.807, 2.05) is 11.8 Å². The average molecular weight is 301 g/mol. The van der Waals surface area contributed by atoms with Crippen LogP contribution in [-0.2, 0) is 9.47 Å². The summed E-state index contributed by atoms with van der Waals surface area (Å²) in [6.07, 6.45) is 3.60. The quantitative estimate of drug-likeness (QED) is 0.583. The third-order valence-corrected chi connectivity index (χ3v) is 6.22. The fourth-order valence-corrected chi connectivity index (χ4v) is 5.19. The number of hydrazine groups is 1.